The van der Waals surface area contributed by atoms with Crippen LogP contribution in [-0.2, 0) is 0 Å². The molecule has 2 rings (SSSR count). The van der Waals surface area contributed by atoms with E-state index in [9.17, 15) is 0 Å². The van der Waals surface area contributed by atoms with Gasteiger partial charge in [-0.15, -0.1) is 0 Å². The highest BCUT2D eigenvalue weighted by atomic mass is 32.1. The fourth-order valence-corrected chi connectivity index (χ4v) is 2.06. The minimum absolute atomic E-state index is 0.113. The first-order chi connectivity index (χ1) is 5.68. The fraction of sp³-hybridized carbons (Fsp3) is 0.444. The van der Waals surface area contributed by atoms with Crippen molar-refractivity contribution in [3.63, 3.8) is 0 Å². The van der Waals surface area contributed by atoms with Crippen molar-refractivity contribution in [3.05, 3.63) is 23.3 Å². The van der Waals surface area contributed by atoms with Crippen molar-refractivity contribution in [2.45, 2.75) is 13.0 Å². The van der Waals surface area contributed by atoms with E-state index in [0.717, 1.165) is 11.5 Å². The molecule has 0 saturated carbocycles. The lowest BCUT2D eigenvalue weighted by molar-refractivity contribution is 0.609. The summed E-state index contributed by atoms with van der Waals surface area (Å²) in [6, 6.07) is 0.113. The molecule has 1 fully saturated rings. The number of piperidine rings is 1. The van der Waals surface area contributed by atoms with Gasteiger partial charge < -0.3 is 11.1 Å². The van der Waals surface area contributed by atoms with E-state index in [4.69, 9.17) is 18.0 Å². The minimum Gasteiger partial charge on any atom is -0.375 e. The summed E-state index contributed by atoms with van der Waals surface area (Å²) in [5.41, 5.74) is 8.55. The van der Waals surface area contributed by atoms with Crippen LogP contribution < -0.4 is 11.1 Å². The third-order valence-corrected chi connectivity index (χ3v) is 2.86. The Kier molecular flexibility index (Phi) is 1.77. The molecular weight excluding hydrogens is 168 g/mol. The maximum Gasteiger partial charge on any atom is 0.0844 e. The van der Waals surface area contributed by atoms with Gasteiger partial charge in [-0.3, -0.25) is 0 Å². The van der Waals surface area contributed by atoms with Gasteiger partial charge in [-0.2, -0.15) is 0 Å². The SMILES string of the molecule is CC1=CC2C(=S)NCC(=C1)C2N. The average Bonchev–Trinajstić information content (AvgIpc) is 2.01. The first-order valence-electron chi connectivity index (χ1n) is 4.10. The molecule has 0 aromatic carbocycles. The molecule has 1 aliphatic carbocycles. The molecule has 0 amide bonds. The smallest absolute Gasteiger partial charge is 0.0844 e. The van der Waals surface area contributed by atoms with E-state index in [1.54, 1.807) is 0 Å². The van der Waals surface area contributed by atoms with E-state index >= 15 is 0 Å². The molecule has 1 aliphatic heterocycles. The number of fused-ring (bicyclic) bond motifs is 2. The van der Waals surface area contributed by atoms with Gasteiger partial charge in [-0.1, -0.05) is 29.9 Å². The quantitative estimate of drug-likeness (QED) is 0.540. The molecule has 0 aromatic heterocycles. The van der Waals surface area contributed by atoms with Crippen molar-refractivity contribution in [2.24, 2.45) is 11.7 Å². The lowest BCUT2D eigenvalue weighted by atomic mass is 9.83. The molecule has 3 N–H and O–H groups in total. The Labute approximate surface area is 77.5 Å². The molecule has 12 heavy (non-hydrogen) atoms. The lowest BCUT2D eigenvalue weighted by Crippen LogP contribution is -2.50. The Morgan fingerprint density at radius 2 is 2.42 bits per heavy atom. The Bertz CT molecular complexity index is 291. The number of nitrogens with one attached hydrogen (secondary N) is 1. The molecule has 2 atom stereocenters. The van der Waals surface area contributed by atoms with Crippen molar-refractivity contribution in [2.75, 3.05) is 6.54 Å². The van der Waals surface area contributed by atoms with Crippen LogP contribution in [0.3, 0.4) is 0 Å². The summed E-state index contributed by atoms with van der Waals surface area (Å²) in [5.74, 6) is 0.230. The first-order valence-corrected chi connectivity index (χ1v) is 4.51. The van der Waals surface area contributed by atoms with Gasteiger partial charge in [0.2, 0.25) is 0 Å². The average molecular weight is 180 g/mol. The number of hydrogen-bond acceptors (Lipinski definition) is 2. The van der Waals surface area contributed by atoms with E-state index in [1.807, 2.05) is 0 Å². The number of rotatable bonds is 0. The molecule has 0 spiro atoms. The van der Waals surface area contributed by atoms with Gasteiger partial charge in [0.25, 0.3) is 0 Å². The Hall–Kier alpha value is -0.670. The molecule has 64 valence electrons. The van der Waals surface area contributed by atoms with Gasteiger partial charge in [0.15, 0.2) is 0 Å². The molecule has 1 heterocycles. The van der Waals surface area contributed by atoms with Crippen molar-refractivity contribution < 1.29 is 0 Å². The Morgan fingerprint density at radius 3 is 3.17 bits per heavy atom. The third kappa shape index (κ3) is 1.09. The van der Waals surface area contributed by atoms with Gasteiger partial charge in [0, 0.05) is 18.5 Å². The van der Waals surface area contributed by atoms with Crippen LogP contribution in [0.2, 0.25) is 0 Å². The first kappa shape index (κ1) is 7.95. The number of nitrogens with two attached hydrogens (primary N) is 1. The van der Waals surface area contributed by atoms with Crippen LogP contribution in [-0.4, -0.2) is 17.6 Å². The number of hydrogen-bond donors (Lipinski definition) is 2. The van der Waals surface area contributed by atoms with Crippen LogP contribution in [0.5, 0.6) is 0 Å². The number of allylic oxidation sites excluding steroid dienone is 2. The zero-order valence-corrected chi connectivity index (χ0v) is 7.82. The zero-order valence-electron chi connectivity index (χ0n) is 7.00. The van der Waals surface area contributed by atoms with E-state index in [0.29, 0.717) is 0 Å². The van der Waals surface area contributed by atoms with Crippen LogP contribution >= 0.6 is 12.2 Å². The second kappa shape index (κ2) is 2.68. The Morgan fingerprint density at radius 1 is 1.67 bits per heavy atom. The molecule has 2 bridgehead atoms. The van der Waals surface area contributed by atoms with Gasteiger partial charge >= 0.3 is 0 Å². The summed E-state index contributed by atoms with van der Waals surface area (Å²) < 4.78 is 0. The van der Waals surface area contributed by atoms with Crippen molar-refractivity contribution in [3.8, 4) is 0 Å². The standard InChI is InChI=1S/C9H12N2S/c1-5-2-6-4-11-9(12)7(3-5)8(6)10/h2-3,7-8H,4,10H2,1H3,(H,11,12). The summed E-state index contributed by atoms with van der Waals surface area (Å²) in [6.45, 7) is 2.91. The number of thiocarbonyl (C=S) groups is 1. The minimum atomic E-state index is 0.113. The topological polar surface area (TPSA) is 38.0 Å². The molecule has 2 aliphatic rings. The summed E-state index contributed by atoms with van der Waals surface area (Å²) >= 11 is 5.18. The van der Waals surface area contributed by atoms with Crippen LogP contribution in [0.25, 0.3) is 0 Å². The second-order valence-corrected chi connectivity index (χ2v) is 3.84. The third-order valence-electron chi connectivity index (χ3n) is 2.44. The molecule has 0 radical (unpaired) electrons. The maximum atomic E-state index is 6.00. The Balaban J connectivity index is 2.40. The highest BCUT2D eigenvalue weighted by Gasteiger charge is 2.30. The van der Waals surface area contributed by atoms with Gasteiger partial charge in [-0.05, 0) is 12.5 Å². The molecule has 1 saturated heterocycles. The largest absolute Gasteiger partial charge is 0.375 e. The molecular formula is C9H12N2S. The van der Waals surface area contributed by atoms with E-state index < -0.39 is 0 Å². The fourth-order valence-electron chi connectivity index (χ4n) is 1.77. The predicted octanol–water partition coefficient (Wildman–Crippen LogP) is 0.747. The van der Waals surface area contributed by atoms with E-state index in [2.05, 4.69) is 24.4 Å². The molecule has 0 aromatic rings. The monoisotopic (exact) mass is 180 g/mol. The maximum absolute atomic E-state index is 6.00. The zero-order chi connectivity index (χ0) is 8.72. The van der Waals surface area contributed by atoms with Crippen molar-refractivity contribution in [1.82, 2.24) is 5.32 Å². The highest BCUT2D eigenvalue weighted by molar-refractivity contribution is 7.80. The second-order valence-electron chi connectivity index (χ2n) is 3.40. The van der Waals surface area contributed by atoms with E-state index in [-0.39, 0.29) is 12.0 Å². The lowest BCUT2D eigenvalue weighted by Gasteiger charge is -2.34. The molecule has 2 nitrogen and oxygen atoms in total. The van der Waals surface area contributed by atoms with Gasteiger partial charge in [-0.25, -0.2) is 0 Å². The van der Waals surface area contributed by atoms with Gasteiger partial charge in [0.1, 0.15) is 0 Å². The normalized spacial score (nSPS) is 33.7. The van der Waals surface area contributed by atoms with Crippen LogP contribution in [0.15, 0.2) is 23.3 Å². The van der Waals surface area contributed by atoms with Gasteiger partial charge in [0.05, 0.1) is 4.99 Å². The highest BCUT2D eigenvalue weighted by Crippen LogP contribution is 2.25. The summed E-state index contributed by atoms with van der Waals surface area (Å²) in [7, 11) is 0. The van der Waals surface area contributed by atoms with Crippen molar-refractivity contribution in [1.29, 1.82) is 0 Å². The predicted molar refractivity (Wildman–Crippen MR) is 53.9 cm³/mol. The van der Waals surface area contributed by atoms with Crippen LogP contribution in [0, 0.1) is 5.92 Å². The van der Waals surface area contributed by atoms with Crippen LogP contribution in [0.4, 0.5) is 0 Å². The molecule has 3 heteroatoms. The van der Waals surface area contributed by atoms with Crippen molar-refractivity contribution >= 4 is 17.2 Å². The summed E-state index contributed by atoms with van der Waals surface area (Å²) in [4.78, 5) is 0.888. The van der Waals surface area contributed by atoms with E-state index in [1.165, 1.54) is 11.1 Å². The molecule has 2 unspecified atom stereocenters. The summed E-state index contributed by atoms with van der Waals surface area (Å²) in [6.07, 6.45) is 4.29. The summed E-state index contributed by atoms with van der Waals surface area (Å²) in [5, 5.41) is 3.17. The van der Waals surface area contributed by atoms with Crippen LogP contribution in [0.1, 0.15) is 6.92 Å².